The molecule has 0 radical (unpaired) electrons. The second-order valence-electron chi connectivity index (χ2n) is 8.44. The SMILES string of the molecule is CCOc1ccc2nc(N(Cc3ccccc3)C(=O)CCCN3C(=O)c4ccccc4C3=O)sc2c1. The van der Waals surface area contributed by atoms with E-state index in [2.05, 4.69) is 0 Å². The highest BCUT2D eigenvalue weighted by Crippen LogP contribution is 2.33. The van der Waals surface area contributed by atoms with Crippen molar-refractivity contribution in [1.29, 1.82) is 0 Å². The van der Waals surface area contributed by atoms with Gasteiger partial charge in [-0.3, -0.25) is 24.2 Å². The molecule has 7 nitrogen and oxygen atoms in total. The summed E-state index contributed by atoms with van der Waals surface area (Å²) < 4.78 is 6.55. The predicted molar refractivity (Wildman–Crippen MR) is 139 cm³/mol. The van der Waals surface area contributed by atoms with E-state index in [-0.39, 0.29) is 30.7 Å². The van der Waals surface area contributed by atoms with E-state index in [9.17, 15) is 14.4 Å². The maximum Gasteiger partial charge on any atom is 0.261 e. The Bertz CT molecular complexity index is 1400. The molecular formula is C28H25N3O4S. The molecule has 5 rings (SSSR count). The van der Waals surface area contributed by atoms with Gasteiger partial charge in [-0.15, -0.1) is 0 Å². The fourth-order valence-corrected chi connectivity index (χ4v) is 5.27. The molecule has 0 N–H and O–H groups in total. The van der Waals surface area contributed by atoms with Crippen molar-refractivity contribution in [3.05, 3.63) is 89.5 Å². The van der Waals surface area contributed by atoms with E-state index in [1.165, 1.54) is 16.2 Å². The highest BCUT2D eigenvalue weighted by Gasteiger charge is 2.34. The Morgan fingerprint density at radius 1 is 0.972 bits per heavy atom. The topological polar surface area (TPSA) is 79.8 Å². The summed E-state index contributed by atoms with van der Waals surface area (Å²) >= 11 is 1.44. The minimum atomic E-state index is -0.305. The van der Waals surface area contributed by atoms with Gasteiger partial charge in [0.2, 0.25) is 5.91 Å². The highest BCUT2D eigenvalue weighted by atomic mass is 32.1. The Labute approximate surface area is 212 Å². The molecule has 0 fully saturated rings. The lowest BCUT2D eigenvalue weighted by atomic mass is 10.1. The summed E-state index contributed by atoms with van der Waals surface area (Å²) in [6, 6.07) is 22.3. The molecular weight excluding hydrogens is 474 g/mol. The van der Waals surface area contributed by atoms with Crippen LogP contribution in [0.15, 0.2) is 72.8 Å². The second kappa shape index (κ2) is 10.3. The smallest absolute Gasteiger partial charge is 0.261 e. The van der Waals surface area contributed by atoms with E-state index in [0.717, 1.165) is 21.5 Å². The van der Waals surface area contributed by atoms with Crippen LogP contribution in [0.2, 0.25) is 0 Å². The quantitative estimate of drug-likeness (QED) is 0.292. The van der Waals surface area contributed by atoms with E-state index in [1.807, 2.05) is 55.5 Å². The number of hydrogen-bond acceptors (Lipinski definition) is 6. The molecule has 0 saturated heterocycles. The zero-order chi connectivity index (χ0) is 25.1. The van der Waals surface area contributed by atoms with Crippen LogP contribution in [-0.2, 0) is 11.3 Å². The van der Waals surface area contributed by atoms with Crippen LogP contribution in [0.1, 0.15) is 46.0 Å². The Kier molecular flexibility index (Phi) is 6.77. The van der Waals surface area contributed by atoms with Crippen LogP contribution in [0.5, 0.6) is 5.75 Å². The zero-order valence-corrected chi connectivity index (χ0v) is 20.7. The molecule has 0 spiro atoms. The second-order valence-corrected chi connectivity index (χ2v) is 9.44. The maximum atomic E-state index is 13.4. The fourth-order valence-electron chi connectivity index (χ4n) is 4.26. The third kappa shape index (κ3) is 4.72. The molecule has 3 amide bonds. The lowest BCUT2D eigenvalue weighted by Gasteiger charge is -2.21. The monoisotopic (exact) mass is 499 g/mol. The van der Waals surface area contributed by atoms with Gasteiger partial charge >= 0.3 is 0 Å². The van der Waals surface area contributed by atoms with Gasteiger partial charge in [0.05, 0.1) is 34.5 Å². The summed E-state index contributed by atoms with van der Waals surface area (Å²) in [4.78, 5) is 46.3. The minimum absolute atomic E-state index is 0.112. The van der Waals surface area contributed by atoms with E-state index in [0.29, 0.717) is 35.8 Å². The average molecular weight is 500 g/mol. The van der Waals surface area contributed by atoms with Crippen LogP contribution in [0, 0.1) is 0 Å². The number of amides is 3. The van der Waals surface area contributed by atoms with Crippen LogP contribution in [0.3, 0.4) is 0 Å². The molecule has 0 atom stereocenters. The lowest BCUT2D eigenvalue weighted by molar-refractivity contribution is -0.118. The summed E-state index contributed by atoms with van der Waals surface area (Å²) in [5.41, 5.74) is 2.62. The first kappa shape index (κ1) is 23.7. The number of imide groups is 1. The molecule has 1 aliphatic rings. The van der Waals surface area contributed by atoms with Crippen LogP contribution in [0.4, 0.5) is 5.13 Å². The molecule has 0 saturated carbocycles. The number of fused-ring (bicyclic) bond motifs is 2. The summed E-state index contributed by atoms with van der Waals surface area (Å²) in [5.74, 6) is 0.0440. The van der Waals surface area contributed by atoms with Crippen molar-refractivity contribution in [2.24, 2.45) is 0 Å². The molecule has 0 aliphatic carbocycles. The number of carbonyl (C=O) groups is 3. The fraction of sp³-hybridized carbons (Fsp3) is 0.214. The first-order valence-corrected chi connectivity index (χ1v) is 12.7. The molecule has 4 aromatic rings. The van der Waals surface area contributed by atoms with Crippen LogP contribution in [-0.4, -0.2) is 40.8 Å². The van der Waals surface area contributed by atoms with Crippen molar-refractivity contribution in [1.82, 2.24) is 9.88 Å². The first-order valence-electron chi connectivity index (χ1n) is 11.9. The number of rotatable bonds is 9. The Morgan fingerprint density at radius 3 is 2.36 bits per heavy atom. The van der Waals surface area contributed by atoms with Crippen molar-refractivity contribution >= 4 is 44.4 Å². The standard InChI is InChI=1S/C28H25N3O4S/c1-2-35-20-14-15-23-24(17-20)36-28(29-23)31(18-19-9-4-3-5-10-19)25(32)13-8-16-30-26(33)21-11-6-7-12-22(21)27(30)34/h3-7,9-12,14-15,17H,2,8,13,16,18H2,1H3. The number of hydrogen-bond donors (Lipinski definition) is 0. The van der Waals surface area contributed by atoms with E-state index in [4.69, 9.17) is 9.72 Å². The number of thiazole rings is 1. The molecule has 2 heterocycles. The van der Waals surface area contributed by atoms with Gasteiger partial charge in [0.15, 0.2) is 5.13 Å². The largest absolute Gasteiger partial charge is 0.494 e. The van der Waals surface area contributed by atoms with Crippen LogP contribution < -0.4 is 9.64 Å². The maximum absolute atomic E-state index is 13.4. The van der Waals surface area contributed by atoms with Gasteiger partial charge in [0, 0.05) is 13.0 Å². The van der Waals surface area contributed by atoms with Gasteiger partial charge < -0.3 is 4.74 Å². The van der Waals surface area contributed by atoms with Gasteiger partial charge in [0.25, 0.3) is 11.8 Å². The molecule has 1 aromatic heterocycles. The molecule has 3 aromatic carbocycles. The van der Waals surface area contributed by atoms with Gasteiger partial charge in [-0.05, 0) is 49.2 Å². The highest BCUT2D eigenvalue weighted by molar-refractivity contribution is 7.22. The minimum Gasteiger partial charge on any atom is -0.494 e. The van der Waals surface area contributed by atoms with Crippen molar-refractivity contribution in [2.45, 2.75) is 26.3 Å². The van der Waals surface area contributed by atoms with Gasteiger partial charge in [-0.1, -0.05) is 53.8 Å². The molecule has 8 heteroatoms. The summed E-state index contributed by atoms with van der Waals surface area (Å²) in [6.07, 6.45) is 0.551. The number of carbonyl (C=O) groups excluding carboxylic acids is 3. The average Bonchev–Trinajstić information content (AvgIpc) is 3.42. The molecule has 182 valence electrons. The molecule has 0 bridgehead atoms. The van der Waals surface area contributed by atoms with Crippen molar-refractivity contribution in [3.8, 4) is 5.75 Å². The normalized spacial score (nSPS) is 12.8. The van der Waals surface area contributed by atoms with Crippen molar-refractivity contribution < 1.29 is 19.1 Å². The summed E-state index contributed by atoms with van der Waals surface area (Å²) in [5, 5.41) is 0.605. The van der Waals surface area contributed by atoms with Crippen LogP contribution in [0.25, 0.3) is 10.2 Å². The van der Waals surface area contributed by atoms with E-state index >= 15 is 0 Å². The first-order chi connectivity index (χ1) is 17.5. The number of ether oxygens (including phenoxy) is 1. The van der Waals surface area contributed by atoms with E-state index < -0.39 is 0 Å². The van der Waals surface area contributed by atoms with E-state index in [1.54, 1.807) is 29.2 Å². The van der Waals surface area contributed by atoms with Gasteiger partial charge in [0.1, 0.15) is 5.75 Å². The Morgan fingerprint density at radius 2 is 1.67 bits per heavy atom. The third-order valence-electron chi connectivity index (χ3n) is 6.03. The third-order valence-corrected chi connectivity index (χ3v) is 7.07. The van der Waals surface area contributed by atoms with Gasteiger partial charge in [-0.25, -0.2) is 4.98 Å². The number of anilines is 1. The Balaban J connectivity index is 1.33. The summed E-state index contributed by atoms with van der Waals surface area (Å²) in [7, 11) is 0. The number of benzene rings is 3. The Hall–Kier alpha value is -4.04. The molecule has 36 heavy (non-hydrogen) atoms. The number of nitrogens with zero attached hydrogens (tertiary/aromatic N) is 3. The number of aromatic nitrogens is 1. The summed E-state index contributed by atoms with van der Waals surface area (Å²) in [6.45, 7) is 3.08. The molecule has 1 aliphatic heterocycles. The molecule has 0 unspecified atom stereocenters. The lowest BCUT2D eigenvalue weighted by Crippen LogP contribution is -2.33. The van der Waals surface area contributed by atoms with Crippen LogP contribution >= 0.6 is 11.3 Å². The zero-order valence-electron chi connectivity index (χ0n) is 19.8. The van der Waals surface area contributed by atoms with Crippen molar-refractivity contribution in [2.75, 3.05) is 18.1 Å². The van der Waals surface area contributed by atoms with Crippen molar-refractivity contribution in [3.63, 3.8) is 0 Å². The predicted octanol–water partition coefficient (Wildman–Crippen LogP) is 5.30. The van der Waals surface area contributed by atoms with Gasteiger partial charge in [-0.2, -0.15) is 0 Å².